The van der Waals surface area contributed by atoms with E-state index >= 15 is 0 Å². The highest BCUT2D eigenvalue weighted by Gasteiger charge is 2.05. The van der Waals surface area contributed by atoms with Crippen molar-refractivity contribution in [3.05, 3.63) is 60.4 Å². The molecule has 0 atom stereocenters. The molecule has 0 radical (unpaired) electrons. The van der Waals surface area contributed by atoms with Crippen molar-refractivity contribution < 1.29 is 13.9 Å². The first kappa shape index (κ1) is 18.3. The number of carbonyl (C=O) groups excluding carboxylic acids is 1. The zero-order valence-electron chi connectivity index (χ0n) is 14.7. The van der Waals surface area contributed by atoms with Gasteiger partial charge in [0.05, 0.1) is 0 Å². The summed E-state index contributed by atoms with van der Waals surface area (Å²) in [6.07, 6.45) is 3.47. The highest BCUT2D eigenvalue weighted by molar-refractivity contribution is 5.77. The van der Waals surface area contributed by atoms with Crippen molar-refractivity contribution in [2.24, 2.45) is 0 Å². The number of nitrogens with one attached hydrogen (secondary N) is 2. The van der Waals surface area contributed by atoms with E-state index in [4.69, 9.17) is 4.74 Å². The highest BCUT2D eigenvalue weighted by Crippen LogP contribution is 2.11. The maximum atomic E-state index is 12.8. The van der Waals surface area contributed by atoms with Crippen LogP contribution in [0.2, 0.25) is 0 Å². The van der Waals surface area contributed by atoms with Gasteiger partial charge in [-0.25, -0.2) is 19.0 Å². The minimum absolute atomic E-state index is 0.137. The van der Waals surface area contributed by atoms with Gasteiger partial charge in [0, 0.05) is 31.5 Å². The Balaban J connectivity index is 1.42. The molecular formula is C18H19FN6O2. The van der Waals surface area contributed by atoms with Crippen LogP contribution in [0.25, 0.3) is 5.82 Å². The number of anilines is 1. The number of nitrogens with zero attached hydrogens (tertiary/aromatic N) is 4. The van der Waals surface area contributed by atoms with Crippen molar-refractivity contribution in [2.75, 3.05) is 25.0 Å². The number of halogens is 1. The molecule has 1 amide bonds. The summed E-state index contributed by atoms with van der Waals surface area (Å²) in [6, 6.07) is 9.09. The van der Waals surface area contributed by atoms with Gasteiger partial charge in [-0.1, -0.05) is 0 Å². The molecule has 2 aromatic heterocycles. The van der Waals surface area contributed by atoms with Crippen LogP contribution >= 0.6 is 0 Å². The Morgan fingerprint density at radius 1 is 1.22 bits per heavy atom. The molecule has 8 nitrogen and oxygen atoms in total. The molecule has 0 aliphatic carbocycles. The van der Waals surface area contributed by atoms with Gasteiger partial charge in [0.1, 0.15) is 23.2 Å². The first-order valence-electron chi connectivity index (χ1n) is 8.35. The molecule has 0 aliphatic rings. The normalized spacial score (nSPS) is 10.4. The standard InChI is InChI=1S/C18H19FN6O2/c1-13-23-16(11-17(24-13)25-10-2-7-22-25)20-8-9-21-18(26)12-27-15-5-3-14(19)4-6-15/h2-7,10-11H,8-9,12H2,1H3,(H,21,26)(H,20,23,24). The fourth-order valence-corrected chi connectivity index (χ4v) is 2.29. The number of ether oxygens (including phenoxy) is 1. The molecule has 0 bridgehead atoms. The Kier molecular flexibility index (Phi) is 5.93. The maximum Gasteiger partial charge on any atom is 0.258 e. The van der Waals surface area contributed by atoms with E-state index in [1.165, 1.54) is 24.3 Å². The van der Waals surface area contributed by atoms with Gasteiger partial charge in [-0.15, -0.1) is 0 Å². The number of rotatable bonds is 8. The molecular weight excluding hydrogens is 351 g/mol. The Labute approximate surface area is 155 Å². The number of aryl methyl sites for hydroxylation is 1. The largest absolute Gasteiger partial charge is 0.484 e. The minimum Gasteiger partial charge on any atom is -0.484 e. The van der Waals surface area contributed by atoms with Crippen molar-refractivity contribution in [3.63, 3.8) is 0 Å². The predicted octanol–water partition coefficient (Wildman–Crippen LogP) is 1.72. The summed E-state index contributed by atoms with van der Waals surface area (Å²) in [7, 11) is 0. The second kappa shape index (κ2) is 8.75. The van der Waals surface area contributed by atoms with Crippen LogP contribution in [0.5, 0.6) is 5.75 Å². The van der Waals surface area contributed by atoms with Crippen molar-refractivity contribution in [3.8, 4) is 11.6 Å². The summed E-state index contributed by atoms with van der Waals surface area (Å²) in [4.78, 5) is 20.4. The summed E-state index contributed by atoms with van der Waals surface area (Å²) >= 11 is 0. The zero-order valence-corrected chi connectivity index (χ0v) is 14.7. The molecule has 0 saturated heterocycles. The summed E-state index contributed by atoms with van der Waals surface area (Å²) in [5.41, 5.74) is 0. The van der Waals surface area contributed by atoms with Crippen LogP contribution in [0.3, 0.4) is 0 Å². The lowest BCUT2D eigenvalue weighted by atomic mass is 10.3. The van der Waals surface area contributed by atoms with Gasteiger partial charge in [-0.2, -0.15) is 5.10 Å². The highest BCUT2D eigenvalue weighted by atomic mass is 19.1. The number of hydrogen-bond acceptors (Lipinski definition) is 6. The van der Waals surface area contributed by atoms with Gasteiger partial charge in [-0.3, -0.25) is 4.79 Å². The Morgan fingerprint density at radius 3 is 2.78 bits per heavy atom. The second-order valence-electron chi connectivity index (χ2n) is 5.63. The van der Waals surface area contributed by atoms with E-state index in [-0.39, 0.29) is 18.3 Å². The average molecular weight is 370 g/mol. The van der Waals surface area contributed by atoms with E-state index in [0.29, 0.717) is 36.3 Å². The summed E-state index contributed by atoms with van der Waals surface area (Å²) < 4.78 is 19.7. The summed E-state index contributed by atoms with van der Waals surface area (Å²) in [6.45, 7) is 2.54. The topological polar surface area (TPSA) is 94.0 Å². The molecule has 27 heavy (non-hydrogen) atoms. The van der Waals surface area contributed by atoms with E-state index in [2.05, 4.69) is 25.7 Å². The number of aromatic nitrogens is 4. The molecule has 2 heterocycles. The lowest BCUT2D eigenvalue weighted by molar-refractivity contribution is -0.123. The second-order valence-corrected chi connectivity index (χ2v) is 5.63. The first-order valence-corrected chi connectivity index (χ1v) is 8.35. The van der Waals surface area contributed by atoms with Crippen LogP contribution in [-0.2, 0) is 4.79 Å². The van der Waals surface area contributed by atoms with E-state index in [9.17, 15) is 9.18 Å². The lowest BCUT2D eigenvalue weighted by Crippen LogP contribution is -2.32. The first-order chi connectivity index (χ1) is 13.1. The average Bonchev–Trinajstić information content (AvgIpc) is 3.19. The monoisotopic (exact) mass is 370 g/mol. The van der Waals surface area contributed by atoms with Crippen molar-refractivity contribution >= 4 is 11.7 Å². The quantitative estimate of drug-likeness (QED) is 0.587. The molecule has 140 valence electrons. The Bertz CT molecular complexity index is 883. The molecule has 0 fully saturated rings. The zero-order chi connectivity index (χ0) is 19.1. The van der Waals surface area contributed by atoms with Crippen LogP contribution in [0, 0.1) is 12.7 Å². The van der Waals surface area contributed by atoms with Gasteiger partial charge in [0.15, 0.2) is 12.4 Å². The lowest BCUT2D eigenvalue weighted by Gasteiger charge is -2.10. The van der Waals surface area contributed by atoms with E-state index in [0.717, 1.165) is 0 Å². The fourth-order valence-electron chi connectivity index (χ4n) is 2.29. The SMILES string of the molecule is Cc1nc(NCCNC(=O)COc2ccc(F)cc2)cc(-n2cccn2)n1. The third-order valence-electron chi connectivity index (χ3n) is 3.50. The van der Waals surface area contributed by atoms with E-state index in [1.807, 2.05) is 6.07 Å². The Hall–Kier alpha value is -3.49. The molecule has 9 heteroatoms. The smallest absolute Gasteiger partial charge is 0.258 e. The molecule has 1 aromatic carbocycles. The van der Waals surface area contributed by atoms with Gasteiger partial charge in [-0.05, 0) is 37.3 Å². The van der Waals surface area contributed by atoms with Crippen molar-refractivity contribution in [1.29, 1.82) is 0 Å². The van der Waals surface area contributed by atoms with Crippen LogP contribution in [-0.4, -0.2) is 45.4 Å². The number of amides is 1. The molecule has 3 aromatic rings. The summed E-state index contributed by atoms with van der Waals surface area (Å²) in [5.74, 6) is 1.73. The molecule has 3 rings (SSSR count). The number of carbonyl (C=O) groups is 1. The van der Waals surface area contributed by atoms with Gasteiger partial charge < -0.3 is 15.4 Å². The van der Waals surface area contributed by atoms with Crippen LogP contribution in [0.4, 0.5) is 10.2 Å². The van der Waals surface area contributed by atoms with E-state index < -0.39 is 0 Å². The molecule has 0 unspecified atom stereocenters. The third kappa shape index (κ3) is 5.50. The Morgan fingerprint density at radius 2 is 2.04 bits per heavy atom. The van der Waals surface area contributed by atoms with Crippen molar-refractivity contribution in [2.45, 2.75) is 6.92 Å². The summed E-state index contributed by atoms with van der Waals surface area (Å²) in [5, 5.41) is 10.0. The molecule has 2 N–H and O–H groups in total. The van der Waals surface area contributed by atoms with Gasteiger partial charge in [0.2, 0.25) is 0 Å². The molecule has 0 aliphatic heterocycles. The van der Waals surface area contributed by atoms with E-state index in [1.54, 1.807) is 30.1 Å². The minimum atomic E-state index is -0.353. The molecule has 0 saturated carbocycles. The van der Waals surface area contributed by atoms with Crippen LogP contribution in [0.1, 0.15) is 5.82 Å². The van der Waals surface area contributed by atoms with Crippen LogP contribution in [0.15, 0.2) is 48.8 Å². The number of hydrogen-bond donors (Lipinski definition) is 2. The van der Waals surface area contributed by atoms with Crippen LogP contribution < -0.4 is 15.4 Å². The van der Waals surface area contributed by atoms with Gasteiger partial charge >= 0.3 is 0 Å². The van der Waals surface area contributed by atoms with Gasteiger partial charge in [0.25, 0.3) is 5.91 Å². The number of benzene rings is 1. The molecule has 0 spiro atoms. The predicted molar refractivity (Wildman–Crippen MR) is 97.3 cm³/mol. The third-order valence-corrected chi connectivity index (χ3v) is 3.50. The van der Waals surface area contributed by atoms with Crippen molar-refractivity contribution in [1.82, 2.24) is 25.1 Å². The maximum absolute atomic E-state index is 12.8. The fraction of sp³-hybridized carbons (Fsp3) is 0.222.